The van der Waals surface area contributed by atoms with Crippen LogP contribution in [0.4, 0.5) is 0 Å². The van der Waals surface area contributed by atoms with Gasteiger partial charge in [0.05, 0.1) is 26.2 Å². The number of hydrogen-bond donors (Lipinski definition) is 0. The summed E-state index contributed by atoms with van der Waals surface area (Å²) in [5.41, 5.74) is 0. The van der Waals surface area contributed by atoms with Gasteiger partial charge in [0.15, 0.2) is 0 Å². The Bertz CT molecular complexity index is 236. The van der Waals surface area contributed by atoms with E-state index in [2.05, 4.69) is 27.7 Å². The molecule has 0 spiro atoms. The van der Waals surface area contributed by atoms with Crippen molar-refractivity contribution in [2.75, 3.05) is 26.2 Å². The number of hydrogen-bond acceptors (Lipinski definition) is 4. The van der Waals surface area contributed by atoms with Crippen LogP contribution < -0.4 is 14.7 Å². The molecule has 0 rings (SSSR count). The van der Waals surface area contributed by atoms with Gasteiger partial charge in [-0.3, -0.25) is 0 Å². The van der Waals surface area contributed by atoms with Gasteiger partial charge in [-0.1, -0.05) is 53.4 Å². The summed E-state index contributed by atoms with van der Waals surface area (Å²) in [5, 5.41) is 0. The van der Waals surface area contributed by atoms with Gasteiger partial charge in [0.1, 0.15) is 0 Å². The van der Waals surface area contributed by atoms with Crippen molar-refractivity contribution < 1.29 is 23.7 Å². The highest BCUT2D eigenvalue weighted by Crippen LogP contribution is 2.16. The zero-order chi connectivity index (χ0) is 17.5. The van der Waals surface area contributed by atoms with Gasteiger partial charge in [-0.15, -0.1) is 0 Å². The van der Waals surface area contributed by atoms with Crippen molar-refractivity contribution in [3.8, 4) is 0 Å². The second-order valence-electron chi connectivity index (χ2n) is 6.10. The Morgan fingerprint density at radius 1 is 0.636 bits per heavy atom. The van der Waals surface area contributed by atoms with Gasteiger partial charge in [-0.25, -0.2) is 0 Å². The van der Waals surface area contributed by atoms with E-state index in [1.54, 1.807) is 0 Å². The number of phosphoric acid groups is 1. The van der Waals surface area contributed by atoms with Crippen LogP contribution in [0.3, 0.4) is 0 Å². The molecule has 0 unspecified atom stereocenters. The van der Waals surface area contributed by atoms with Gasteiger partial charge in [-0.2, -0.15) is 7.82 Å². The number of quaternary nitrogens is 1. The van der Waals surface area contributed by atoms with Crippen LogP contribution in [0.2, 0.25) is 0 Å². The molecule has 22 heavy (non-hydrogen) atoms. The van der Waals surface area contributed by atoms with Crippen molar-refractivity contribution in [2.24, 2.45) is 0 Å². The van der Waals surface area contributed by atoms with Crippen molar-refractivity contribution in [1.82, 2.24) is 0 Å². The predicted molar refractivity (Wildman–Crippen MR) is 87.0 cm³/mol. The van der Waals surface area contributed by atoms with Crippen LogP contribution in [0.5, 0.6) is 0 Å². The fourth-order valence-electron chi connectivity index (χ4n) is 2.64. The van der Waals surface area contributed by atoms with Crippen LogP contribution >= 0.6 is 7.82 Å². The van der Waals surface area contributed by atoms with Crippen LogP contribution in [-0.4, -0.2) is 30.7 Å². The van der Waals surface area contributed by atoms with E-state index in [0.29, 0.717) is 0 Å². The van der Waals surface area contributed by atoms with Crippen LogP contribution in [0, 0.1) is 0 Å². The second kappa shape index (κ2) is 14.6. The van der Waals surface area contributed by atoms with E-state index in [-0.39, 0.29) is 0 Å². The fraction of sp³-hybridized carbons (Fsp3) is 1.00. The van der Waals surface area contributed by atoms with E-state index in [0.717, 1.165) is 0 Å². The summed E-state index contributed by atoms with van der Waals surface area (Å²) in [5.74, 6) is 0. The molecule has 6 heteroatoms. The predicted octanol–water partition coefficient (Wildman–Crippen LogP) is 2.18. The Labute approximate surface area is 137 Å². The Balaban J connectivity index is 0. The van der Waals surface area contributed by atoms with E-state index in [1.807, 2.05) is 0 Å². The lowest BCUT2D eigenvalue weighted by atomic mass is 10.1. The first-order chi connectivity index (χ1) is 10.2. The minimum absolute atomic E-state index is 1.35. The van der Waals surface area contributed by atoms with E-state index >= 15 is 0 Å². The second-order valence-corrected chi connectivity index (χ2v) is 6.99. The molecule has 0 atom stereocenters. The van der Waals surface area contributed by atoms with Gasteiger partial charge >= 0.3 is 0 Å². The summed E-state index contributed by atoms with van der Waals surface area (Å²) in [6.45, 7) is 15.0. The molecule has 0 amide bonds. The van der Waals surface area contributed by atoms with Crippen molar-refractivity contribution >= 4 is 7.82 Å². The summed E-state index contributed by atoms with van der Waals surface area (Å²) >= 11 is 0. The maximum absolute atomic E-state index is 8.55. The first kappa shape index (κ1) is 24.3. The third-order valence-corrected chi connectivity index (χ3v) is 3.94. The Morgan fingerprint density at radius 3 is 0.955 bits per heavy atom. The molecule has 0 aliphatic heterocycles. The topological polar surface area (TPSA) is 86.2 Å². The molecule has 0 aromatic heterocycles. The smallest absolute Gasteiger partial charge is 0.0786 e. The normalized spacial score (nSPS) is 12.0. The summed E-state index contributed by atoms with van der Waals surface area (Å²) in [6.07, 6.45) is 11.1. The van der Waals surface area contributed by atoms with E-state index in [9.17, 15) is 0 Å². The molecule has 5 nitrogen and oxygen atoms in total. The van der Waals surface area contributed by atoms with E-state index in [4.69, 9.17) is 19.2 Å². The third kappa shape index (κ3) is 18.1. The maximum atomic E-state index is 8.55. The lowest BCUT2D eigenvalue weighted by Gasteiger charge is -2.39. The van der Waals surface area contributed by atoms with Crippen molar-refractivity contribution in [3.63, 3.8) is 0 Å². The van der Waals surface area contributed by atoms with Gasteiger partial charge < -0.3 is 23.7 Å². The standard InChI is InChI=1S/C16H36N.H3O4P/c1-5-9-13-17(14-10-6-2,15-11-7-3)16-12-8-4;1-5(2,3)4/h5-16H2,1-4H3;(H3,1,2,3,4)/q+1;/p-3. The lowest BCUT2D eigenvalue weighted by molar-refractivity contribution is -0.929. The summed E-state index contributed by atoms with van der Waals surface area (Å²) < 4.78 is 9.97. The van der Waals surface area contributed by atoms with Gasteiger partial charge in [-0.05, 0) is 25.7 Å². The monoisotopic (exact) mass is 337 g/mol. The van der Waals surface area contributed by atoms with E-state index in [1.165, 1.54) is 82.0 Å². The molecular formula is C16H36NO4P-2. The Hall–Kier alpha value is 0.0700. The maximum Gasteiger partial charge on any atom is 0.0786 e. The largest absolute Gasteiger partial charge is 0.822 e. The third-order valence-electron chi connectivity index (χ3n) is 3.94. The molecule has 0 aromatic rings. The minimum atomic E-state index is -5.39. The van der Waals surface area contributed by atoms with Crippen LogP contribution in [0.15, 0.2) is 0 Å². The molecule has 136 valence electrons. The summed E-state index contributed by atoms with van der Waals surface area (Å²) in [7, 11) is -5.39. The molecule has 0 aliphatic carbocycles. The van der Waals surface area contributed by atoms with Gasteiger partial charge in [0.25, 0.3) is 0 Å². The lowest BCUT2D eigenvalue weighted by Crippen LogP contribution is -2.50. The Kier molecular flexibility index (Phi) is 16.2. The zero-order valence-electron chi connectivity index (χ0n) is 15.0. The summed E-state index contributed by atoms with van der Waals surface area (Å²) in [4.78, 5) is 25.6. The first-order valence-electron chi connectivity index (χ1n) is 8.82. The average Bonchev–Trinajstić information content (AvgIpc) is 2.44. The molecule has 0 heterocycles. The highest BCUT2D eigenvalue weighted by Gasteiger charge is 2.24. The van der Waals surface area contributed by atoms with E-state index < -0.39 is 7.82 Å². The molecule has 0 saturated carbocycles. The number of nitrogens with zero attached hydrogens (tertiary/aromatic N) is 1. The highest BCUT2D eigenvalue weighted by atomic mass is 31.2. The fourth-order valence-corrected chi connectivity index (χ4v) is 2.64. The highest BCUT2D eigenvalue weighted by molar-refractivity contribution is 7.40. The van der Waals surface area contributed by atoms with Crippen molar-refractivity contribution in [2.45, 2.75) is 79.1 Å². The molecule has 0 aromatic carbocycles. The SMILES string of the molecule is CCCC[N+](CCCC)(CCCC)CCCC.O=P([O-])([O-])[O-]. The molecule has 0 bridgehead atoms. The first-order valence-corrected chi connectivity index (χ1v) is 10.3. The molecule has 0 aliphatic rings. The van der Waals surface area contributed by atoms with Crippen LogP contribution in [0.1, 0.15) is 79.1 Å². The quantitative estimate of drug-likeness (QED) is 0.403. The molecule has 0 saturated heterocycles. The van der Waals surface area contributed by atoms with Gasteiger partial charge in [0.2, 0.25) is 0 Å². The summed E-state index contributed by atoms with van der Waals surface area (Å²) in [6, 6.07) is 0. The average molecular weight is 337 g/mol. The van der Waals surface area contributed by atoms with Crippen molar-refractivity contribution in [3.05, 3.63) is 0 Å². The van der Waals surface area contributed by atoms with Gasteiger partial charge in [0, 0.05) is 0 Å². The number of rotatable bonds is 12. The minimum Gasteiger partial charge on any atom is -0.822 e. The zero-order valence-corrected chi connectivity index (χ0v) is 15.9. The van der Waals surface area contributed by atoms with Crippen molar-refractivity contribution in [1.29, 1.82) is 0 Å². The van der Waals surface area contributed by atoms with Crippen LogP contribution in [0.25, 0.3) is 0 Å². The molecule has 0 N–H and O–H groups in total. The molecular weight excluding hydrogens is 301 g/mol. The number of unbranched alkanes of at least 4 members (excludes halogenated alkanes) is 4. The molecule has 0 radical (unpaired) electrons. The molecule has 0 fully saturated rings. The Morgan fingerprint density at radius 2 is 0.818 bits per heavy atom. The van der Waals surface area contributed by atoms with Crippen LogP contribution in [-0.2, 0) is 4.57 Å².